The van der Waals surface area contributed by atoms with E-state index < -0.39 is 46.5 Å². The molecule has 5 rings (SSSR count). The van der Waals surface area contributed by atoms with Crippen molar-refractivity contribution in [1.82, 2.24) is 14.8 Å². The summed E-state index contributed by atoms with van der Waals surface area (Å²) in [5.74, 6) is -4.96. The van der Waals surface area contributed by atoms with E-state index in [1.807, 2.05) is 37.4 Å². The van der Waals surface area contributed by atoms with Crippen LogP contribution in [0.1, 0.15) is 31.2 Å². The minimum absolute atomic E-state index is 0.0294. The molecule has 1 saturated heterocycles. The maximum atomic E-state index is 15.4. The molecular formula is C31H33F2N5O5. The van der Waals surface area contributed by atoms with Gasteiger partial charge in [-0.3, -0.25) is 14.9 Å². The highest BCUT2D eigenvalue weighted by Gasteiger charge is 2.58. The van der Waals surface area contributed by atoms with Crippen LogP contribution in [0.2, 0.25) is 0 Å². The summed E-state index contributed by atoms with van der Waals surface area (Å²) in [4.78, 5) is 46.2. The molecule has 1 saturated carbocycles. The lowest BCUT2D eigenvalue weighted by Crippen LogP contribution is -2.46. The van der Waals surface area contributed by atoms with Crippen molar-refractivity contribution in [3.8, 4) is 11.5 Å². The van der Waals surface area contributed by atoms with E-state index in [0.29, 0.717) is 12.8 Å². The van der Waals surface area contributed by atoms with E-state index in [1.165, 1.54) is 17.0 Å². The van der Waals surface area contributed by atoms with Gasteiger partial charge in [-0.25, -0.2) is 14.2 Å². The molecule has 3 amide bonds. The second-order valence-corrected chi connectivity index (χ2v) is 10.9. The van der Waals surface area contributed by atoms with E-state index in [9.17, 15) is 18.8 Å². The number of carbonyl (C=O) groups excluding carboxylic acids is 3. The molecule has 1 aliphatic heterocycles. The highest BCUT2D eigenvalue weighted by Crippen LogP contribution is 2.48. The predicted octanol–water partition coefficient (Wildman–Crippen LogP) is 5.17. The maximum absolute atomic E-state index is 15.4. The molecule has 1 aromatic heterocycles. The number of rotatable bonds is 9. The van der Waals surface area contributed by atoms with Gasteiger partial charge in [-0.1, -0.05) is 42.5 Å². The zero-order valence-corrected chi connectivity index (χ0v) is 23.9. The van der Waals surface area contributed by atoms with Crippen LogP contribution in [0.25, 0.3) is 0 Å². The number of hydrogen-bond donors (Lipinski definition) is 2. The van der Waals surface area contributed by atoms with Crippen LogP contribution >= 0.6 is 0 Å². The fourth-order valence-electron chi connectivity index (χ4n) is 4.89. The van der Waals surface area contributed by atoms with Gasteiger partial charge in [-0.05, 0) is 63.5 Å². The summed E-state index contributed by atoms with van der Waals surface area (Å²) in [6, 6.07) is 14.5. The lowest BCUT2D eigenvalue weighted by Gasteiger charge is -2.34. The van der Waals surface area contributed by atoms with E-state index in [-0.39, 0.29) is 24.1 Å². The maximum Gasteiger partial charge on any atom is 0.323 e. The number of piperidine rings is 1. The summed E-state index contributed by atoms with van der Waals surface area (Å²) in [5.41, 5.74) is -0.471. The number of nitrogens with one attached hydrogen (secondary N) is 2. The number of aromatic nitrogens is 1. The van der Waals surface area contributed by atoms with Gasteiger partial charge >= 0.3 is 12.0 Å². The Morgan fingerprint density at radius 1 is 1.02 bits per heavy atom. The Bertz CT molecular complexity index is 1490. The summed E-state index contributed by atoms with van der Waals surface area (Å²) in [6.07, 6.45) is 2.88. The number of amides is 3. The second kappa shape index (κ2) is 12.7. The molecule has 0 atom stereocenters. The van der Waals surface area contributed by atoms with Gasteiger partial charge in [0.2, 0.25) is 17.5 Å². The molecule has 0 bridgehead atoms. The molecular weight excluding hydrogens is 560 g/mol. The molecule has 2 fully saturated rings. The van der Waals surface area contributed by atoms with Crippen molar-refractivity contribution in [1.29, 1.82) is 0 Å². The third-order valence-corrected chi connectivity index (χ3v) is 7.85. The first-order valence-corrected chi connectivity index (χ1v) is 14.0. The monoisotopic (exact) mass is 593 g/mol. The molecule has 0 radical (unpaired) electrons. The Labute approximate surface area is 248 Å². The predicted molar refractivity (Wildman–Crippen MR) is 155 cm³/mol. The number of carbonyl (C=O) groups is 3. The first-order valence-electron chi connectivity index (χ1n) is 14.0. The van der Waals surface area contributed by atoms with E-state index in [4.69, 9.17) is 9.47 Å². The van der Waals surface area contributed by atoms with E-state index in [0.717, 1.165) is 37.7 Å². The fraction of sp³-hybridized carbons (Fsp3) is 0.355. The fourth-order valence-corrected chi connectivity index (χ4v) is 4.89. The van der Waals surface area contributed by atoms with Gasteiger partial charge in [-0.15, -0.1) is 0 Å². The number of hydrogen-bond acceptors (Lipinski definition) is 7. The molecule has 2 heterocycles. The molecule has 3 aromatic rings. The van der Waals surface area contributed by atoms with Crippen molar-refractivity contribution in [2.24, 2.45) is 5.41 Å². The summed E-state index contributed by atoms with van der Waals surface area (Å²) in [7, 11) is 3.62. The number of anilines is 2. The van der Waals surface area contributed by atoms with Crippen molar-refractivity contribution in [3.05, 3.63) is 78.0 Å². The standard InChI is InChI=1S/C31H33F2N5O5/c1-37-16-12-21(13-17-37)38(2)30(41)36-27-25(33)26(22(32)18-34-27)43-24-11-7-6-10-23(24)35-28(39)31(14-15-31)29(40)42-19-20-8-4-3-5-9-20/h3-11,18,21H,12-17,19H2,1-2H3,(H,35,39)(H,34,36,41). The number of nitrogens with zero attached hydrogens (tertiary/aromatic N) is 3. The molecule has 2 N–H and O–H groups in total. The van der Waals surface area contributed by atoms with Crippen molar-refractivity contribution in [3.63, 3.8) is 0 Å². The van der Waals surface area contributed by atoms with Gasteiger partial charge < -0.3 is 24.6 Å². The average Bonchev–Trinajstić information content (AvgIpc) is 3.83. The smallest absolute Gasteiger partial charge is 0.323 e. The minimum atomic E-state index is -1.35. The third kappa shape index (κ3) is 6.75. The van der Waals surface area contributed by atoms with Crippen molar-refractivity contribution >= 4 is 29.4 Å². The van der Waals surface area contributed by atoms with Crippen LogP contribution in [-0.4, -0.2) is 65.9 Å². The Kier molecular flexibility index (Phi) is 8.86. The number of pyridine rings is 1. The summed E-state index contributed by atoms with van der Waals surface area (Å²) in [6.45, 7) is 1.69. The molecule has 12 heteroatoms. The number of esters is 1. The molecule has 10 nitrogen and oxygen atoms in total. The van der Waals surface area contributed by atoms with E-state index >= 15 is 4.39 Å². The Morgan fingerprint density at radius 3 is 2.40 bits per heavy atom. The lowest BCUT2D eigenvalue weighted by molar-refractivity contribution is -0.154. The minimum Gasteiger partial charge on any atom is -0.460 e. The first kappa shape index (κ1) is 29.9. The zero-order chi connectivity index (χ0) is 30.6. The van der Waals surface area contributed by atoms with Crippen molar-refractivity contribution in [2.45, 2.75) is 38.3 Å². The summed E-state index contributed by atoms with van der Waals surface area (Å²) in [5, 5.41) is 5.05. The second-order valence-electron chi connectivity index (χ2n) is 10.9. The number of urea groups is 1. The van der Waals surface area contributed by atoms with E-state index in [1.54, 1.807) is 19.2 Å². The molecule has 1 aliphatic carbocycles. The molecule has 0 unspecified atom stereocenters. The largest absolute Gasteiger partial charge is 0.460 e. The van der Waals surface area contributed by atoms with Gasteiger partial charge in [0, 0.05) is 13.1 Å². The van der Waals surface area contributed by atoms with Crippen LogP contribution in [0.5, 0.6) is 11.5 Å². The van der Waals surface area contributed by atoms with Crippen molar-refractivity contribution < 1.29 is 32.6 Å². The van der Waals surface area contributed by atoms with Crippen molar-refractivity contribution in [2.75, 3.05) is 37.8 Å². The highest BCUT2D eigenvalue weighted by atomic mass is 19.1. The summed E-state index contributed by atoms with van der Waals surface area (Å²) < 4.78 is 41.2. The number of para-hydroxylation sites is 2. The van der Waals surface area contributed by atoms with E-state index in [2.05, 4.69) is 20.5 Å². The lowest BCUT2D eigenvalue weighted by atomic mass is 10.0. The SMILES string of the molecule is CN1CCC(N(C)C(=O)Nc2ncc(F)c(Oc3ccccc3NC(=O)C3(C(=O)OCc4ccccc4)CC3)c2F)CC1. The molecule has 2 aliphatic rings. The van der Waals surface area contributed by atoms with Gasteiger partial charge in [0.15, 0.2) is 17.4 Å². The topological polar surface area (TPSA) is 113 Å². The third-order valence-electron chi connectivity index (χ3n) is 7.85. The zero-order valence-electron chi connectivity index (χ0n) is 23.9. The Hall–Kier alpha value is -4.58. The molecule has 0 spiro atoms. The van der Waals surface area contributed by atoms with Crippen LogP contribution in [0.4, 0.5) is 25.1 Å². The Balaban J connectivity index is 1.27. The first-order chi connectivity index (χ1) is 20.7. The number of halogens is 2. The number of benzene rings is 2. The van der Waals surface area contributed by atoms with Crippen LogP contribution in [0, 0.1) is 17.0 Å². The molecule has 43 heavy (non-hydrogen) atoms. The van der Waals surface area contributed by atoms with Gasteiger partial charge in [0.05, 0.1) is 11.9 Å². The average molecular weight is 594 g/mol. The Morgan fingerprint density at radius 2 is 1.70 bits per heavy atom. The molecule has 2 aromatic carbocycles. The normalized spacial score (nSPS) is 16.2. The van der Waals surface area contributed by atoms with Crippen LogP contribution in [0.15, 0.2) is 60.8 Å². The number of likely N-dealkylation sites (tertiary alicyclic amines) is 1. The van der Waals surface area contributed by atoms with Gasteiger partial charge in [0.1, 0.15) is 12.0 Å². The number of ether oxygens (including phenoxy) is 2. The van der Waals surface area contributed by atoms with Crippen LogP contribution in [0.3, 0.4) is 0 Å². The van der Waals surface area contributed by atoms with Crippen LogP contribution < -0.4 is 15.4 Å². The van der Waals surface area contributed by atoms with Crippen LogP contribution in [-0.2, 0) is 20.9 Å². The van der Waals surface area contributed by atoms with Gasteiger partial charge in [0.25, 0.3) is 0 Å². The quantitative estimate of drug-likeness (QED) is 0.260. The summed E-state index contributed by atoms with van der Waals surface area (Å²) >= 11 is 0. The highest BCUT2D eigenvalue weighted by molar-refractivity contribution is 6.11. The molecule has 226 valence electrons. The van der Waals surface area contributed by atoms with Gasteiger partial charge in [-0.2, -0.15) is 4.39 Å².